The standard InChI is InChI=1S/C26H21ClN4O2/c1-32-20-11-9-19(10-12-20)31-15-21(17-6-4-3-5-7-17)24-25(28-16-29-26(24)31)30-18-8-13-23(33-2)22(27)14-18/h3-16H,1-2H3,(H,28,29,30). The van der Waals surface area contributed by atoms with Crippen molar-refractivity contribution in [3.8, 4) is 28.3 Å². The maximum atomic E-state index is 6.34. The lowest BCUT2D eigenvalue weighted by Gasteiger charge is -2.11. The zero-order valence-corrected chi connectivity index (χ0v) is 18.9. The minimum Gasteiger partial charge on any atom is -0.497 e. The van der Waals surface area contributed by atoms with E-state index in [4.69, 9.17) is 21.1 Å². The average Bonchev–Trinajstić information content (AvgIpc) is 3.25. The molecule has 0 bridgehead atoms. The van der Waals surface area contributed by atoms with Gasteiger partial charge in [-0.2, -0.15) is 0 Å². The zero-order valence-electron chi connectivity index (χ0n) is 18.1. The number of fused-ring (bicyclic) bond motifs is 1. The van der Waals surface area contributed by atoms with E-state index in [2.05, 4.69) is 38.2 Å². The Morgan fingerprint density at radius 2 is 1.67 bits per heavy atom. The van der Waals surface area contributed by atoms with Crippen LogP contribution in [-0.2, 0) is 0 Å². The van der Waals surface area contributed by atoms with Gasteiger partial charge in [-0.3, -0.25) is 0 Å². The molecule has 0 saturated carbocycles. The van der Waals surface area contributed by atoms with Gasteiger partial charge in [-0.25, -0.2) is 9.97 Å². The number of hydrogen-bond donors (Lipinski definition) is 1. The summed E-state index contributed by atoms with van der Waals surface area (Å²) in [6.45, 7) is 0. The van der Waals surface area contributed by atoms with Crippen molar-refractivity contribution in [1.82, 2.24) is 14.5 Å². The molecule has 1 N–H and O–H groups in total. The van der Waals surface area contributed by atoms with E-state index in [-0.39, 0.29) is 0 Å². The van der Waals surface area contributed by atoms with Crippen molar-refractivity contribution in [2.24, 2.45) is 0 Å². The lowest BCUT2D eigenvalue weighted by molar-refractivity contribution is 0.414. The average molecular weight is 457 g/mol. The van der Waals surface area contributed by atoms with Crippen LogP contribution in [0.5, 0.6) is 11.5 Å². The predicted octanol–water partition coefficient (Wildman–Crippen LogP) is 6.50. The molecule has 33 heavy (non-hydrogen) atoms. The highest BCUT2D eigenvalue weighted by molar-refractivity contribution is 6.32. The third-order valence-electron chi connectivity index (χ3n) is 5.43. The second kappa shape index (κ2) is 8.84. The Bertz CT molecular complexity index is 1420. The number of anilines is 2. The molecule has 2 heterocycles. The zero-order chi connectivity index (χ0) is 22.8. The van der Waals surface area contributed by atoms with Crippen molar-refractivity contribution in [2.75, 3.05) is 19.5 Å². The monoisotopic (exact) mass is 456 g/mol. The van der Waals surface area contributed by atoms with Crippen molar-refractivity contribution in [3.05, 3.63) is 90.3 Å². The van der Waals surface area contributed by atoms with Gasteiger partial charge in [-0.15, -0.1) is 0 Å². The van der Waals surface area contributed by atoms with E-state index < -0.39 is 0 Å². The first kappa shape index (κ1) is 20.8. The topological polar surface area (TPSA) is 61.2 Å². The first-order chi connectivity index (χ1) is 16.2. The van der Waals surface area contributed by atoms with Crippen LogP contribution >= 0.6 is 11.6 Å². The molecular formula is C26H21ClN4O2. The number of rotatable bonds is 6. The van der Waals surface area contributed by atoms with E-state index in [0.717, 1.165) is 39.3 Å². The van der Waals surface area contributed by atoms with Crippen LogP contribution in [0.3, 0.4) is 0 Å². The Morgan fingerprint density at radius 3 is 2.36 bits per heavy atom. The van der Waals surface area contributed by atoms with Crippen LogP contribution in [0.1, 0.15) is 0 Å². The van der Waals surface area contributed by atoms with E-state index in [1.54, 1.807) is 20.5 Å². The highest BCUT2D eigenvalue weighted by atomic mass is 35.5. The molecule has 5 rings (SSSR count). The molecule has 3 aromatic carbocycles. The largest absolute Gasteiger partial charge is 0.497 e. The number of ether oxygens (including phenoxy) is 2. The fourth-order valence-corrected chi connectivity index (χ4v) is 4.07. The highest BCUT2D eigenvalue weighted by Gasteiger charge is 2.18. The molecule has 0 aliphatic rings. The smallest absolute Gasteiger partial charge is 0.150 e. The number of nitrogens with one attached hydrogen (secondary N) is 1. The van der Waals surface area contributed by atoms with Gasteiger partial charge in [-0.1, -0.05) is 41.9 Å². The van der Waals surface area contributed by atoms with Crippen LogP contribution in [0.2, 0.25) is 5.02 Å². The van der Waals surface area contributed by atoms with E-state index in [0.29, 0.717) is 16.6 Å². The van der Waals surface area contributed by atoms with E-state index in [1.807, 2.05) is 60.7 Å². The lowest BCUT2D eigenvalue weighted by Crippen LogP contribution is -1.98. The summed E-state index contributed by atoms with van der Waals surface area (Å²) in [4.78, 5) is 9.19. The molecule has 0 unspecified atom stereocenters. The fourth-order valence-electron chi connectivity index (χ4n) is 3.81. The second-order valence-electron chi connectivity index (χ2n) is 7.37. The van der Waals surface area contributed by atoms with Crippen molar-refractivity contribution in [1.29, 1.82) is 0 Å². The highest BCUT2D eigenvalue weighted by Crippen LogP contribution is 2.37. The van der Waals surface area contributed by atoms with E-state index in [9.17, 15) is 0 Å². The van der Waals surface area contributed by atoms with Crippen LogP contribution in [0, 0.1) is 0 Å². The Morgan fingerprint density at radius 1 is 0.879 bits per heavy atom. The molecule has 0 aliphatic heterocycles. The normalized spacial score (nSPS) is 10.9. The number of aromatic nitrogens is 3. The molecule has 0 spiro atoms. The van der Waals surface area contributed by atoms with Crippen LogP contribution in [-0.4, -0.2) is 28.8 Å². The molecule has 0 fully saturated rings. The fraction of sp³-hybridized carbons (Fsp3) is 0.0769. The van der Waals surface area contributed by atoms with Crippen LogP contribution in [0.4, 0.5) is 11.5 Å². The minimum atomic E-state index is 0.520. The van der Waals surface area contributed by atoms with Gasteiger partial charge < -0.3 is 19.4 Å². The first-order valence-electron chi connectivity index (χ1n) is 10.3. The van der Waals surface area contributed by atoms with Gasteiger partial charge in [0.25, 0.3) is 0 Å². The van der Waals surface area contributed by atoms with E-state index >= 15 is 0 Å². The molecule has 7 heteroatoms. The summed E-state index contributed by atoms with van der Waals surface area (Å²) in [6, 6.07) is 23.6. The summed E-state index contributed by atoms with van der Waals surface area (Å²) in [6.07, 6.45) is 3.65. The van der Waals surface area contributed by atoms with Gasteiger partial charge in [0, 0.05) is 23.1 Å². The summed E-state index contributed by atoms with van der Waals surface area (Å²) < 4.78 is 12.6. The van der Waals surface area contributed by atoms with Gasteiger partial charge in [0.15, 0.2) is 5.65 Å². The van der Waals surface area contributed by atoms with Crippen molar-refractivity contribution >= 4 is 34.1 Å². The molecular weight excluding hydrogens is 436 g/mol. The quantitative estimate of drug-likeness (QED) is 0.316. The van der Waals surface area contributed by atoms with Crippen molar-refractivity contribution in [3.63, 3.8) is 0 Å². The molecule has 164 valence electrons. The molecule has 2 aromatic heterocycles. The van der Waals surface area contributed by atoms with Crippen molar-refractivity contribution in [2.45, 2.75) is 0 Å². The van der Waals surface area contributed by atoms with Crippen LogP contribution in [0.25, 0.3) is 27.8 Å². The van der Waals surface area contributed by atoms with Gasteiger partial charge >= 0.3 is 0 Å². The third-order valence-corrected chi connectivity index (χ3v) is 5.73. The maximum Gasteiger partial charge on any atom is 0.150 e. The van der Waals surface area contributed by atoms with Gasteiger partial charge in [0.2, 0.25) is 0 Å². The number of halogens is 1. The van der Waals surface area contributed by atoms with Crippen molar-refractivity contribution < 1.29 is 9.47 Å². The number of benzene rings is 3. The first-order valence-corrected chi connectivity index (χ1v) is 10.7. The number of nitrogens with zero attached hydrogens (tertiary/aromatic N) is 3. The summed E-state index contributed by atoms with van der Waals surface area (Å²) in [5.41, 5.74) is 4.65. The SMILES string of the molecule is COc1ccc(-n2cc(-c3ccccc3)c3c(Nc4ccc(OC)c(Cl)c4)ncnc32)cc1. The van der Waals surface area contributed by atoms with Crippen LogP contribution in [0.15, 0.2) is 85.3 Å². The Kier molecular flexibility index (Phi) is 5.59. The summed E-state index contributed by atoms with van der Waals surface area (Å²) in [5.74, 6) is 2.10. The molecule has 0 aliphatic carbocycles. The summed E-state index contributed by atoms with van der Waals surface area (Å²) in [7, 11) is 3.25. The Hall–Kier alpha value is -4.03. The summed E-state index contributed by atoms with van der Waals surface area (Å²) in [5, 5.41) is 4.84. The molecule has 0 atom stereocenters. The maximum absolute atomic E-state index is 6.34. The number of hydrogen-bond acceptors (Lipinski definition) is 5. The molecule has 5 aromatic rings. The van der Waals surface area contributed by atoms with Gasteiger partial charge in [-0.05, 0) is 48.0 Å². The third kappa shape index (κ3) is 3.97. The predicted molar refractivity (Wildman–Crippen MR) is 132 cm³/mol. The molecule has 6 nitrogen and oxygen atoms in total. The van der Waals surface area contributed by atoms with Gasteiger partial charge in [0.1, 0.15) is 23.6 Å². The molecule has 0 amide bonds. The molecule has 0 saturated heterocycles. The lowest BCUT2D eigenvalue weighted by atomic mass is 10.1. The van der Waals surface area contributed by atoms with Gasteiger partial charge in [0.05, 0.1) is 24.6 Å². The van der Waals surface area contributed by atoms with Crippen LogP contribution < -0.4 is 14.8 Å². The Balaban J connectivity index is 1.69. The summed E-state index contributed by atoms with van der Waals surface area (Å²) >= 11 is 6.34. The van der Waals surface area contributed by atoms with E-state index in [1.165, 1.54) is 0 Å². The minimum absolute atomic E-state index is 0.520. The second-order valence-corrected chi connectivity index (χ2v) is 7.78. The molecule has 0 radical (unpaired) electrons. The Labute approximate surface area is 196 Å². The number of methoxy groups -OCH3 is 2.